The van der Waals surface area contributed by atoms with Gasteiger partial charge in [0, 0.05) is 24.1 Å². The molecule has 0 bridgehead atoms. The summed E-state index contributed by atoms with van der Waals surface area (Å²) in [6.45, 7) is 0. The summed E-state index contributed by atoms with van der Waals surface area (Å²) < 4.78 is 4.52. The second-order valence-electron chi connectivity index (χ2n) is 3.79. The number of benzene rings is 1. The predicted molar refractivity (Wildman–Crippen MR) is 65.7 cm³/mol. The maximum Gasteiger partial charge on any atom is 0.305 e. The standard InChI is InChI=1S/C13H17NO3/c1-17-13(16)9-5-4-8-12(15)10-6-2-3-7-11(10)14/h2-3,6-7H,4-5,8-9,14H2,1H3. The topological polar surface area (TPSA) is 69.4 Å². The van der Waals surface area contributed by atoms with Gasteiger partial charge < -0.3 is 10.5 Å². The zero-order chi connectivity index (χ0) is 12.7. The van der Waals surface area contributed by atoms with E-state index in [9.17, 15) is 9.59 Å². The monoisotopic (exact) mass is 235 g/mol. The number of ketones is 1. The third-order valence-electron chi connectivity index (χ3n) is 2.52. The van der Waals surface area contributed by atoms with Crippen LogP contribution >= 0.6 is 0 Å². The van der Waals surface area contributed by atoms with E-state index in [1.54, 1.807) is 24.3 Å². The number of ether oxygens (including phenoxy) is 1. The van der Waals surface area contributed by atoms with Crippen molar-refractivity contribution in [3.05, 3.63) is 29.8 Å². The lowest BCUT2D eigenvalue weighted by Gasteiger charge is -2.04. The van der Waals surface area contributed by atoms with Gasteiger partial charge in [0.2, 0.25) is 0 Å². The van der Waals surface area contributed by atoms with Crippen LogP contribution in [0.15, 0.2) is 24.3 Å². The Kier molecular flexibility index (Phi) is 5.20. The minimum atomic E-state index is -0.239. The van der Waals surface area contributed by atoms with Gasteiger partial charge in [-0.2, -0.15) is 0 Å². The van der Waals surface area contributed by atoms with Crippen LogP contribution < -0.4 is 5.73 Å². The van der Waals surface area contributed by atoms with E-state index in [4.69, 9.17) is 5.73 Å². The highest BCUT2D eigenvalue weighted by molar-refractivity contribution is 6.00. The average molecular weight is 235 g/mol. The summed E-state index contributed by atoms with van der Waals surface area (Å²) in [5.74, 6) is -0.218. The summed E-state index contributed by atoms with van der Waals surface area (Å²) >= 11 is 0. The minimum absolute atomic E-state index is 0.0213. The zero-order valence-electron chi connectivity index (χ0n) is 9.94. The van der Waals surface area contributed by atoms with Crippen molar-refractivity contribution in [3.8, 4) is 0 Å². The fraction of sp³-hybridized carbons (Fsp3) is 0.385. The van der Waals surface area contributed by atoms with Crippen molar-refractivity contribution in [1.82, 2.24) is 0 Å². The molecule has 1 rings (SSSR count). The van der Waals surface area contributed by atoms with Crippen molar-refractivity contribution >= 4 is 17.4 Å². The summed E-state index contributed by atoms with van der Waals surface area (Å²) in [7, 11) is 1.36. The van der Waals surface area contributed by atoms with Gasteiger partial charge in [-0.1, -0.05) is 12.1 Å². The van der Waals surface area contributed by atoms with Crippen molar-refractivity contribution in [2.45, 2.75) is 25.7 Å². The number of carbonyl (C=O) groups is 2. The number of anilines is 1. The number of para-hydroxylation sites is 1. The molecule has 4 heteroatoms. The van der Waals surface area contributed by atoms with Crippen LogP contribution in [0.5, 0.6) is 0 Å². The van der Waals surface area contributed by atoms with E-state index in [2.05, 4.69) is 4.74 Å². The maximum absolute atomic E-state index is 11.8. The number of Topliss-reactive ketones (excluding diaryl/α,β-unsaturated/α-hetero) is 1. The summed E-state index contributed by atoms with van der Waals surface area (Å²) in [5.41, 5.74) is 6.77. The van der Waals surface area contributed by atoms with Gasteiger partial charge in [0.1, 0.15) is 0 Å². The highest BCUT2D eigenvalue weighted by Crippen LogP contribution is 2.14. The van der Waals surface area contributed by atoms with Crippen molar-refractivity contribution in [3.63, 3.8) is 0 Å². The minimum Gasteiger partial charge on any atom is -0.469 e. The average Bonchev–Trinajstić information content (AvgIpc) is 2.34. The van der Waals surface area contributed by atoms with Crippen molar-refractivity contribution in [1.29, 1.82) is 0 Å². The largest absolute Gasteiger partial charge is 0.469 e. The number of nitrogens with two attached hydrogens (primary N) is 1. The molecule has 0 radical (unpaired) electrons. The Balaban J connectivity index is 2.36. The van der Waals surface area contributed by atoms with Crippen LogP contribution in [0, 0.1) is 0 Å². The lowest BCUT2D eigenvalue weighted by atomic mass is 10.0. The molecule has 0 fully saturated rings. The molecule has 1 aromatic carbocycles. The van der Waals surface area contributed by atoms with Gasteiger partial charge in [-0.05, 0) is 25.0 Å². The first kappa shape index (κ1) is 13.2. The molecular weight excluding hydrogens is 218 g/mol. The fourth-order valence-electron chi connectivity index (χ4n) is 1.54. The first-order valence-corrected chi connectivity index (χ1v) is 5.59. The van der Waals surface area contributed by atoms with Gasteiger partial charge in [-0.15, -0.1) is 0 Å². The molecule has 0 amide bonds. The Hall–Kier alpha value is -1.84. The van der Waals surface area contributed by atoms with E-state index < -0.39 is 0 Å². The van der Waals surface area contributed by atoms with E-state index >= 15 is 0 Å². The summed E-state index contributed by atoms with van der Waals surface area (Å²) in [4.78, 5) is 22.6. The van der Waals surface area contributed by atoms with Gasteiger partial charge in [0.25, 0.3) is 0 Å². The first-order chi connectivity index (χ1) is 8.15. The van der Waals surface area contributed by atoms with Crippen LogP contribution in [0.25, 0.3) is 0 Å². The second-order valence-corrected chi connectivity index (χ2v) is 3.79. The third kappa shape index (κ3) is 4.26. The number of rotatable bonds is 6. The Morgan fingerprint density at radius 3 is 2.47 bits per heavy atom. The molecular formula is C13H17NO3. The smallest absolute Gasteiger partial charge is 0.305 e. The van der Waals surface area contributed by atoms with Crippen LogP contribution in [0.4, 0.5) is 5.69 Å². The normalized spacial score (nSPS) is 9.94. The van der Waals surface area contributed by atoms with Gasteiger partial charge in [-0.3, -0.25) is 9.59 Å². The molecule has 0 saturated carbocycles. The number of hydrogen-bond donors (Lipinski definition) is 1. The quantitative estimate of drug-likeness (QED) is 0.355. The van der Waals surface area contributed by atoms with E-state index in [-0.39, 0.29) is 11.8 Å². The highest BCUT2D eigenvalue weighted by atomic mass is 16.5. The van der Waals surface area contributed by atoms with Crippen molar-refractivity contribution in [2.75, 3.05) is 12.8 Å². The number of unbranched alkanes of at least 4 members (excludes halogenated alkanes) is 1. The van der Waals surface area contributed by atoms with Gasteiger partial charge >= 0.3 is 5.97 Å². The molecule has 0 heterocycles. The molecule has 0 aliphatic heterocycles. The number of esters is 1. The van der Waals surface area contributed by atoms with Crippen molar-refractivity contribution < 1.29 is 14.3 Å². The molecule has 0 atom stereocenters. The molecule has 0 saturated heterocycles. The molecule has 92 valence electrons. The maximum atomic E-state index is 11.8. The predicted octanol–water partition coefficient (Wildman–Crippen LogP) is 2.18. The molecule has 0 unspecified atom stereocenters. The lowest BCUT2D eigenvalue weighted by molar-refractivity contribution is -0.140. The number of nitrogen functional groups attached to an aromatic ring is 1. The van der Waals surface area contributed by atoms with Gasteiger partial charge in [0.05, 0.1) is 7.11 Å². The van der Waals surface area contributed by atoms with Crippen LogP contribution in [0.3, 0.4) is 0 Å². The third-order valence-corrected chi connectivity index (χ3v) is 2.52. The van der Waals surface area contributed by atoms with Crippen LogP contribution in [-0.4, -0.2) is 18.9 Å². The van der Waals surface area contributed by atoms with Crippen LogP contribution in [-0.2, 0) is 9.53 Å². The fourth-order valence-corrected chi connectivity index (χ4v) is 1.54. The van der Waals surface area contributed by atoms with E-state index in [1.807, 2.05) is 0 Å². The van der Waals surface area contributed by atoms with Crippen LogP contribution in [0.1, 0.15) is 36.0 Å². The molecule has 0 aromatic heterocycles. The Bertz CT molecular complexity index is 401. The molecule has 17 heavy (non-hydrogen) atoms. The van der Waals surface area contributed by atoms with E-state index in [1.165, 1.54) is 7.11 Å². The number of methoxy groups -OCH3 is 1. The molecule has 0 aliphatic rings. The van der Waals surface area contributed by atoms with Gasteiger partial charge in [0.15, 0.2) is 5.78 Å². The van der Waals surface area contributed by atoms with Crippen molar-refractivity contribution in [2.24, 2.45) is 0 Å². The van der Waals surface area contributed by atoms with Gasteiger partial charge in [-0.25, -0.2) is 0 Å². The number of carbonyl (C=O) groups excluding carboxylic acids is 2. The first-order valence-electron chi connectivity index (χ1n) is 5.59. The summed E-state index contributed by atoms with van der Waals surface area (Å²) in [6, 6.07) is 7.01. The highest BCUT2D eigenvalue weighted by Gasteiger charge is 2.09. The zero-order valence-corrected chi connectivity index (χ0v) is 9.94. The van der Waals surface area contributed by atoms with Crippen LogP contribution in [0.2, 0.25) is 0 Å². The molecule has 2 N–H and O–H groups in total. The summed E-state index contributed by atoms with van der Waals surface area (Å²) in [5, 5.41) is 0. The molecule has 4 nitrogen and oxygen atoms in total. The molecule has 0 aliphatic carbocycles. The van der Waals surface area contributed by atoms with E-state index in [0.717, 1.165) is 0 Å². The second kappa shape index (κ2) is 6.68. The molecule has 0 spiro atoms. The lowest BCUT2D eigenvalue weighted by Crippen LogP contribution is -2.04. The Morgan fingerprint density at radius 1 is 1.18 bits per heavy atom. The Morgan fingerprint density at radius 2 is 1.82 bits per heavy atom. The van der Waals surface area contributed by atoms with E-state index in [0.29, 0.717) is 36.9 Å². The number of hydrogen-bond acceptors (Lipinski definition) is 4. The SMILES string of the molecule is COC(=O)CCCCC(=O)c1ccccc1N. The Labute approximate surface area is 101 Å². The molecule has 1 aromatic rings. The summed E-state index contributed by atoms with van der Waals surface area (Å²) in [6.07, 6.45) is 2.09.